The van der Waals surface area contributed by atoms with Crippen molar-refractivity contribution in [3.63, 3.8) is 0 Å². The number of benzene rings is 1. The van der Waals surface area contributed by atoms with Crippen molar-refractivity contribution in [3.05, 3.63) is 29.8 Å². The Labute approximate surface area is 169 Å². The average Bonchev–Trinajstić information content (AvgIpc) is 2.57. The molecule has 0 aliphatic carbocycles. The molecule has 152 valence electrons. The van der Waals surface area contributed by atoms with E-state index in [0.29, 0.717) is 35.5 Å². The van der Waals surface area contributed by atoms with E-state index in [2.05, 4.69) is 15.2 Å². The molecule has 0 aliphatic rings. The van der Waals surface area contributed by atoms with Crippen LogP contribution >= 0.6 is 0 Å². The van der Waals surface area contributed by atoms with Crippen molar-refractivity contribution >= 4 is 29.7 Å². The van der Waals surface area contributed by atoms with Gasteiger partial charge in [0, 0.05) is 0 Å². The minimum absolute atomic E-state index is 0.310. The van der Waals surface area contributed by atoms with Crippen molar-refractivity contribution in [2.45, 2.75) is 61.6 Å². The van der Waals surface area contributed by atoms with Crippen molar-refractivity contribution in [2.24, 2.45) is 0 Å². The van der Waals surface area contributed by atoms with E-state index in [4.69, 9.17) is 9.47 Å². The SMILES string of the molecule is [CH3][SnH]([CH3])[C](=O)CCCOc1cccc(C(O)CCNC(=O)OC(C)(C)C)c1. The second-order valence-electron chi connectivity index (χ2n) is 7.88. The quantitative estimate of drug-likeness (QED) is 0.392. The summed E-state index contributed by atoms with van der Waals surface area (Å²) in [6.45, 7) is 6.20. The Balaban J connectivity index is 2.39. The third-order valence-corrected chi connectivity index (χ3v) is 8.31. The molecule has 1 amide bonds. The van der Waals surface area contributed by atoms with Crippen LogP contribution in [0.2, 0.25) is 9.88 Å². The predicted octanol–water partition coefficient (Wildman–Crippen LogP) is 3.39. The van der Waals surface area contributed by atoms with E-state index in [0.717, 1.165) is 12.0 Å². The monoisotopic (exact) mass is 487 g/mol. The number of alkyl carbamates (subject to hydrolysis) is 1. The molecule has 0 fully saturated rings. The van der Waals surface area contributed by atoms with E-state index < -0.39 is 37.6 Å². The molecule has 0 radical (unpaired) electrons. The predicted molar refractivity (Wildman–Crippen MR) is 109 cm³/mol. The van der Waals surface area contributed by atoms with Gasteiger partial charge < -0.3 is 4.74 Å². The van der Waals surface area contributed by atoms with Crippen LogP contribution in [0.4, 0.5) is 4.79 Å². The van der Waals surface area contributed by atoms with Crippen LogP contribution < -0.4 is 10.1 Å². The molecule has 0 bridgehead atoms. The number of amides is 1. The molecule has 0 spiro atoms. The van der Waals surface area contributed by atoms with Crippen molar-refractivity contribution < 1.29 is 24.2 Å². The number of hydrogen-bond acceptors (Lipinski definition) is 5. The molecule has 0 saturated carbocycles. The first-order chi connectivity index (χ1) is 12.6. The van der Waals surface area contributed by atoms with Gasteiger partial charge in [-0.25, -0.2) is 4.79 Å². The zero-order valence-electron chi connectivity index (χ0n) is 17.1. The Bertz CT molecular complexity index is 613. The van der Waals surface area contributed by atoms with Crippen LogP contribution in [-0.2, 0) is 9.53 Å². The molecule has 27 heavy (non-hydrogen) atoms. The third kappa shape index (κ3) is 10.6. The van der Waals surface area contributed by atoms with Gasteiger partial charge >= 0.3 is 134 Å². The topological polar surface area (TPSA) is 84.9 Å². The second kappa shape index (κ2) is 11.5. The van der Waals surface area contributed by atoms with Gasteiger partial charge in [0.1, 0.15) is 5.60 Å². The van der Waals surface area contributed by atoms with E-state index in [1.54, 1.807) is 26.8 Å². The van der Waals surface area contributed by atoms with Crippen molar-refractivity contribution in [3.8, 4) is 5.75 Å². The van der Waals surface area contributed by atoms with E-state index >= 15 is 0 Å². The number of ether oxygens (including phenoxy) is 2. The summed E-state index contributed by atoms with van der Waals surface area (Å²) >= 11 is -1.84. The number of carbonyl (C=O) groups is 2. The van der Waals surface area contributed by atoms with Crippen molar-refractivity contribution in [1.82, 2.24) is 5.32 Å². The molecule has 1 rings (SSSR count). The number of nitrogens with one attached hydrogen (secondary N) is 1. The molecule has 0 aromatic heterocycles. The van der Waals surface area contributed by atoms with Gasteiger partial charge in [-0.15, -0.1) is 0 Å². The summed E-state index contributed by atoms with van der Waals surface area (Å²) in [5.41, 5.74) is 0.185. The van der Waals surface area contributed by atoms with Gasteiger partial charge in [-0.05, 0) is 20.8 Å². The van der Waals surface area contributed by atoms with Gasteiger partial charge in [0.15, 0.2) is 0 Å². The Morgan fingerprint density at radius 1 is 1.26 bits per heavy atom. The van der Waals surface area contributed by atoms with Crippen molar-refractivity contribution in [2.75, 3.05) is 13.2 Å². The number of aliphatic hydroxyl groups is 1. The van der Waals surface area contributed by atoms with Gasteiger partial charge in [-0.1, -0.05) is 0 Å². The van der Waals surface area contributed by atoms with Gasteiger partial charge in [0.05, 0.1) is 0 Å². The molecule has 1 aromatic carbocycles. The van der Waals surface area contributed by atoms with Crippen LogP contribution in [0.25, 0.3) is 0 Å². The third-order valence-electron chi connectivity index (χ3n) is 3.81. The summed E-state index contributed by atoms with van der Waals surface area (Å²) in [5, 5.41) is 12.9. The number of carbonyl (C=O) groups excluding carboxylic acids is 2. The van der Waals surface area contributed by atoms with Gasteiger partial charge in [0.2, 0.25) is 0 Å². The molecule has 1 atom stereocenters. The summed E-state index contributed by atoms with van der Waals surface area (Å²) < 4.78 is 11.3. The van der Waals surface area contributed by atoms with E-state index in [9.17, 15) is 14.7 Å². The summed E-state index contributed by atoms with van der Waals surface area (Å²) in [6.07, 6.45) is 0.498. The second-order valence-corrected chi connectivity index (χ2v) is 16.3. The molecular formula is C20H33NO5Sn. The van der Waals surface area contributed by atoms with E-state index in [-0.39, 0.29) is 0 Å². The first-order valence-corrected chi connectivity index (χ1v) is 17.7. The van der Waals surface area contributed by atoms with Crippen LogP contribution in [0.15, 0.2) is 24.3 Å². The maximum absolute atomic E-state index is 11.7. The van der Waals surface area contributed by atoms with Crippen LogP contribution in [0.5, 0.6) is 5.75 Å². The molecule has 7 heteroatoms. The Morgan fingerprint density at radius 3 is 2.59 bits per heavy atom. The van der Waals surface area contributed by atoms with Crippen LogP contribution in [0.1, 0.15) is 51.7 Å². The Morgan fingerprint density at radius 2 is 1.96 bits per heavy atom. The van der Waals surface area contributed by atoms with Gasteiger partial charge in [-0.2, -0.15) is 0 Å². The Hall–Kier alpha value is -1.28. The molecule has 2 N–H and O–H groups in total. The number of rotatable bonds is 10. The molecule has 1 unspecified atom stereocenters. The number of aliphatic hydroxyl groups excluding tert-OH is 1. The fraction of sp³-hybridized carbons (Fsp3) is 0.600. The molecule has 0 aliphatic heterocycles. The van der Waals surface area contributed by atoms with Crippen LogP contribution in [-0.4, -0.2) is 53.5 Å². The van der Waals surface area contributed by atoms with Crippen LogP contribution in [0, 0.1) is 0 Å². The number of hydrogen-bond donors (Lipinski definition) is 2. The summed E-state index contributed by atoms with van der Waals surface area (Å²) in [5.74, 6) is 0.673. The molecule has 0 heterocycles. The zero-order valence-corrected chi connectivity index (χ0v) is 20.4. The summed E-state index contributed by atoms with van der Waals surface area (Å²) in [7, 11) is 0. The molecule has 6 nitrogen and oxygen atoms in total. The first kappa shape index (κ1) is 23.8. The first-order valence-electron chi connectivity index (χ1n) is 9.49. The maximum atomic E-state index is 11.7. The fourth-order valence-electron chi connectivity index (χ4n) is 2.33. The van der Waals surface area contributed by atoms with Gasteiger partial charge in [-0.3, -0.25) is 0 Å². The normalized spacial score (nSPS) is 12.6. The van der Waals surface area contributed by atoms with Crippen LogP contribution in [0.3, 0.4) is 0 Å². The summed E-state index contributed by atoms with van der Waals surface area (Å²) in [6, 6.07) is 7.27. The molecule has 0 saturated heterocycles. The minimum atomic E-state index is -1.84. The Kier molecular flexibility index (Phi) is 10.2. The van der Waals surface area contributed by atoms with E-state index in [1.807, 2.05) is 18.2 Å². The fourth-order valence-corrected chi connectivity index (χ4v) is 4.56. The average molecular weight is 486 g/mol. The van der Waals surface area contributed by atoms with E-state index in [1.165, 1.54) is 0 Å². The standard InChI is InChI=1S/C18H26NO5.2CH3.Sn.H/c1-18(2,3)24-17(22)19-10-9-16(21)14-7-6-8-15(13-14)23-12-5-4-11-20;;;;/h6-8,13,16,21H,4-5,9-10,12H2,1-3H3,(H,19,22);2*1H3;;. The van der Waals surface area contributed by atoms with Gasteiger partial charge in [0.25, 0.3) is 0 Å². The summed E-state index contributed by atoms with van der Waals surface area (Å²) in [4.78, 5) is 27.5. The molecular weight excluding hydrogens is 453 g/mol. The van der Waals surface area contributed by atoms with Crippen molar-refractivity contribution in [1.29, 1.82) is 0 Å². The zero-order chi connectivity index (χ0) is 20.4. The molecule has 1 aromatic rings.